The lowest BCUT2D eigenvalue weighted by Gasteiger charge is -2.32. The molecule has 0 spiro atoms. The molecule has 4 atom stereocenters. The molecule has 0 radical (unpaired) electrons. The van der Waals surface area contributed by atoms with Crippen LogP contribution in [0.3, 0.4) is 0 Å². The van der Waals surface area contributed by atoms with Crippen LogP contribution in [0, 0.1) is 33.3 Å². The lowest BCUT2D eigenvalue weighted by Crippen LogP contribution is -2.52. The number of fused-ring (bicyclic) bond motifs is 1. The van der Waals surface area contributed by atoms with Crippen LogP contribution in [0.25, 0.3) is 0 Å². The van der Waals surface area contributed by atoms with E-state index in [0.29, 0.717) is 6.42 Å². The third-order valence-corrected chi connectivity index (χ3v) is 5.57. The average Bonchev–Trinajstić information content (AvgIpc) is 3.41. The molecular weight excluding hydrogens is 378 g/mol. The molecule has 0 amide bonds. The quantitative estimate of drug-likeness (QED) is 0.247. The van der Waals surface area contributed by atoms with E-state index in [1.54, 1.807) is 6.92 Å². The van der Waals surface area contributed by atoms with Crippen LogP contribution in [-0.4, -0.2) is 34.8 Å². The first kappa shape index (κ1) is 19.2. The van der Waals surface area contributed by atoms with Crippen LogP contribution in [-0.2, 0) is 19.1 Å². The van der Waals surface area contributed by atoms with Gasteiger partial charge in [0.25, 0.3) is 5.69 Å². The second-order valence-electron chi connectivity index (χ2n) is 6.85. The predicted octanol–water partition coefficient (Wildman–Crippen LogP) is 2.40. The molecule has 2 fully saturated rings. The summed E-state index contributed by atoms with van der Waals surface area (Å²) in [4.78, 5) is 61.5. The van der Waals surface area contributed by atoms with Crippen LogP contribution >= 0.6 is 11.6 Å². The molecule has 27 heavy (non-hydrogen) atoms. The normalized spacial score (nSPS) is 29.1. The van der Waals surface area contributed by atoms with Gasteiger partial charge in [0.15, 0.2) is 17.3 Å². The zero-order valence-electron chi connectivity index (χ0n) is 14.6. The number of carbonyl (C=O) groups excluding carboxylic acids is 4. The molecule has 1 aromatic rings. The molecule has 0 heterocycles. The van der Waals surface area contributed by atoms with Gasteiger partial charge in [-0.15, -0.1) is 0 Å². The smallest absolute Gasteiger partial charge is 0.319 e. The van der Waals surface area contributed by atoms with Crippen molar-refractivity contribution < 1.29 is 28.8 Å². The zero-order chi connectivity index (χ0) is 20.1. The molecule has 0 bridgehead atoms. The van der Waals surface area contributed by atoms with E-state index in [1.165, 1.54) is 13.0 Å². The van der Waals surface area contributed by atoms with E-state index in [0.717, 1.165) is 12.1 Å². The fourth-order valence-electron chi connectivity index (χ4n) is 3.77. The molecular formula is C18H16ClNO7. The Labute approximate surface area is 159 Å². The highest BCUT2D eigenvalue weighted by atomic mass is 35.5. The highest BCUT2D eigenvalue weighted by Crippen LogP contribution is 2.58. The van der Waals surface area contributed by atoms with Crippen molar-refractivity contribution >= 4 is 40.6 Å². The number of nitro groups is 1. The summed E-state index contributed by atoms with van der Waals surface area (Å²) in [5, 5.41) is 11.3. The minimum absolute atomic E-state index is 0.0400. The Kier molecular flexibility index (Phi) is 4.63. The molecule has 0 saturated heterocycles. The molecule has 2 aliphatic rings. The summed E-state index contributed by atoms with van der Waals surface area (Å²) in [6.45, 7) is 3.01. The third-order valence-electron chi connectivity index (χ3n) is 5.34. The Morgan fingerprint density at radius 1 is 1.37 bits per heavy atom. The number of esters is 1. The number of hydrogen-bond acceptors (Lipinski definition) is 7. The van der Waals surface area contributed by atoms with Gasteiger partial charge in [-0.25, -0.2) is 0 Å². The Bertz CT molecular complexity index is 896. The molecule has 9 heteroatoms. The van der Waals surface area contributed by atoms with Crippen LogP contribution in [0.1, 0.15) is 30.6 Å². The van der Waals surface area contributed by atoms with E-state index in [-0.39, 0.29) is 17.2 Å². The molecule has 1 aromatic carbocycles. The zero-order valence-corrected chi connectivity index (χ0v) is 15.3. The van der Waals surface area contributed by atoms with E-state index in [4.69, 9.17) is 16.3 Å². The Morgan fingerprint density at radius 3 is 2.63 bits per heavy atom. The summed E-state index contributed by atoms with van der Waals surface area (Å²) < 4.78 is 4.99. The fraction of sp³-hybridized carbons (Fsp3) is 0.444. The van der Waals surface area contributed by atoms with Crippen molar-refractivity contribution in [2.75, 3.05) is 6.61 Å². The number of Topliss-reactive ketones (excluding diaryl/α,β-unsaturated/α-hetero) is 3. The minimum atomic E-state index is -1.76. The highest BCUT2D eigenvalue weighted by Gasteiger charge is 2.69. The third kappa shape index (κ3) is 2.84. The monoisotopic (exact) mass is 393 g/mol. The molecule has 2 aliphatic carbocycles. The number of benzene rings is 1. The molecule has 4 unspecified atom stereocenters. The summed E-state index contributed by atoms with van der Waals surface area (Å²) in [7, 11) is 0. The SMILES string of the molecule is CCOC(=O)C1(C)C(=O)C(C(=O)c2ccc(Cl)cc2[N+](=O)[O-])C(=O)C2CC21. The summed E-state index contributed by atoms with van der Waals surface area (Å²) >= 11 is 5.75. The molecule has 142 valence electrons. The van der Waals surface area contributed by atoms with Crippen molar-refractivity contribution in [1.82, 2.24) is 0 Å². The minimum Gasteiger partial charge on any atom is -0.465 e. The van der Waals surface area contributed by atoms with Gasteiger partial charge in [0.05, 0.1) is 17.1 Å². The molecule has 3 rings (SSSR count). The van der Waals surface area contributed by atoms with E-state index in [9.17, 15) is 29.3 Å². The second-order valence-corrected chi connectivity index (χ2v) is 7.29. The van der Waals surface area contributed by atoms with Gasteiger partial charge in [-0.3, -0.25) is 29.3 Å². The second kappa shape index (κ2) is 6.53. The maximum atomic E-state index is 13.0. The van der Waals surface area contributed by atoms with Crippen molar-refractivity contribution in [3.8, 4) is 0 Å². The standard InChI is InChI=1S/C18H16ClNO7/c1-3-27-17(24)18(2)11-7-10(11)15(22)13(16(18)23)14(21)9-5-4-8(19)6-12(9)20(25)26/h4-6,10-11,13H,3,7H2,1-2H3. The summed E-state index contributed by atoms with van der Waals surface area (Å²) in [5.41, 5.74) is -2.60. The molecule has 0 aliphatic heterocycles. The molecule has 0 aromatic heterocycles. The van der Waals surface area contributed by atoms with Gasteiger partial charge in [0.1, 0.15) is 11.3 Å². The van der Waals surface area contributed by atoms with Crippen LogP contribution in [0.15, 0.2) is 18.2 Å². The van der Waals surface area contributed by atoms with Crippen molar-refractivity contribution in [2.24, 2.45) is 23.2 Å². The first-order valence-corrected chi connectivity index (χ1v) is 8.75. The van der Waals surface area contributed by atoms with E-state index >= 15 is 0 Å². The first-order valence-electron chi connectivity index (χ1n) is 8.38. The van der Waals surface area contributed by atoms with Crippen LogP contribution < -0.4 is 0 Å². The van der Waals surface area contributed by atoms with Crippen molar-refractivity contribution in [3.05, 3.63) is 38.9 Å². The largest absolute Gasteiger partial charge is 0.465 e. The number of ether oxygens (including phenoxy) is 1. The van der Waals surface area contributed by atoms with Gasteiger partial charge in [-0.05, 0) is 38.3 Å². The predicted molar refractivity (Wildman–Crippen MR) is 92.3 cm³/mol. The summed E-state index contributed by atoms with van der Waals surface area (Å²) in [5.74, 6) is -6.09. The summed E-state index contributed by atoms with van der Waals surface area (Å²) in [6.07, 6.45) is 0.312. The topological polar surface area (TPSA) is 121 Å². The van der Waals surface area contributed by atoms with Gasteiger partial charge in [0.2, 0.25) is 0 Å². The Morgan fingerprint density at radius 2 is 2.04 bits per heavy atom. The van der Waals surface area contributed by atoms with E-state index < -0.39 is 57.1 Å². The van der Waals surface area contributed by atoms with Crippen LogP contribution in [0.5, 0.6) is 0 Å². The number of nitrogens with zero attached hydrogens (tertiary/aromatic N) is 1. The summed E-state index contributed by atoms with van der Waals surface area (Å²) in [6, 6.07) is 3.37. The Balaban J connectivity index is 2.05. The Hall–Kier alpha value is -2.61. The van der Waals surface area contributed by atoms with Gasteiger partial charge in [-0.1, -0.05) is 11.6 Å². The lowest BCUT2D eigenvalue weighted by molar-refractivity contribution is -0.385. The maximum Gasteiger partial charge on any atom is 0.319 e. The molecule has 2 saturated carbocycles. The van der Waals surface area contributed by atoms with Crippen molar-refractivity contribution in [3.63, 3.8) is 0 Å². The van der Waals surface area contributed by atoms with Gasteiger partial charge in [0, 0.05) is 17.0 Å². The molecule has 8 nitrogen and oxygen atoms in total. The van der Waals surface area contributed by atoms with Gasteiger partial charge in [-0.2, -0.15) is 0 Å². The fourth-order valence-corrected chi connectivity index (χ4v) is 3.94. The van der Waals surface area contributed by atoms with Gasteiger partial charge < -0.3 is 4.74 Å². The average molecular weight is 394 g/mol. The number of ketones is 3. The number of hydrogen-bond donors (Lipinski definition) is 0. The maximum absolute atomic E-state index is 13.0. The van der Waals surface area contributed by atoms with Crippen LogP contribution in [0.2, 0.25) is 5.02 Å². The molecule has 0 N–H and O–H groups in total. The number of rotatable bonds is 5. The van der Waals surface area contributed by atoms with E-state index in [1.807, 2.05) is 0 Å². The van der Waals surface area contributed by atoms with Crippen molar-refractivity contribution in [2.45, 2.75) is 20.3 Å². The number of nitro benzene ring substituents is 1. The van der Waals surface area contributed by atoms with Crippen molar-refractivity contribution in [1.29, 1.82) is 0 Å². The first-order chi connectivity index (χ1) is 12.6. The lowest BCUT2D eigenvalue weighted by atomic mass is 9.67. The highest BCUT2D eigenvalue weighted by molar-refractivity contribution is 6.33. The van der Waals surface area contributed by atoms with E-state index in [2.05, 4.69) is 0 Å². The number of halogens is 1. The van der Waals surface area contributed by atoms with Crippen LogP contribution in [0.4, 0.5) is 5.69 Å². The van der Waals surface area contributed by atoms with Gasteiger partial charge >= 0.3 is 5.97 Å². The number of carbonyl (C=O) groups is 4.